The minimum absolute atomic E-state index is 0.216. The molecule has 1 atom stereocenters. The third kappa shape index (κ3) is 9.12. The number of methoxy groups -OCH3 is 1. The monoisotopic (exact) mass is 245 g/mol. The fourth-order valence-electron chi connectivity index (χ4n) is 1.37. The van der Waals surface area contributed by atoms with Crippen molar-refractivity contribution in [3.05, 3.63) is 0 Å². The summed E-state index contributed by atoms with van der Waals surface area (Å²) in [6, 6.07) is -0.250. The molecule has 102 valence electrons. The Labute approximate surface area is 105 Å². The third-order valence-corrected chi connectivity index (χ3v) is 2.48. The smallest absolute Gasteiger partial charge is 0.322 e. The molecule has 0 heterocycles. The number of hydrogen-bond acceptors (Lipinski definition) is 4. The van der Waals surface area contributed by atoms with Crippen LogP contribution in [-0.4, -0.2) is 38.9 Å². The topological polar surface area (TPSA) is 47.6 Å². The largest absolute Gasteiger partial charge is 0.468 e. The van der Waals surface area contributed by atoms with Crippen LogP contribution >= 0.6 is 0 Å². The van der Waals surface area contributed by atoms with Crippen LogP contribution in [-0.2, 0) is 14.3 Å². The van der Waals surface area contributed by atoms with E-state index < -0.39 is 0 Å². The van der Waals surface area contributed by atoms with Crippen molar-refractivity contribution in [1.82, 2.24) is 5.32 Å². The molecule has 0 amide bonds. The van der Waals surface area contributed by atoms with Gasteiger partial charge in [-0.1, -0.05) is 27.7 Å². The van der Waals surface area contributed by atoms with E-state index in [-0.39, 0.29) is 12.0 Å². The number of likely N-dealkylation sites (N-methyl/N-ethyl adjacent to an activating group) is 1. The number of ether oxygens (including phenoxy) is 2. The normalized spacial score (nSPS) is 13.5. The van der Waals surface area contributed by atoms with E-state index in [1.165, 1.54) is 7.11 Å². The first-order chi connectivity index (χ1) is 7.90. The molecule has 0 rings (SSSR count). The molecule has 0 saturated carbocycles. The van der Waals surface area contributed by atoms with E-state index in [1.54, 1.807) is 0 Å². The summed E-state index contributed by atoms with van der Waals surface area (Å²) < 4.78 is 10.3. The lowest BCUT2D eigenvalue weighted by atomic mass is 9.93. The van der Waals surface area contributed by atoms with Gasteiger partial charge in [0, 0.05) is 13.2 Å². The standard InChI is InChI=1S/C13H27NO3/c1-6-14-11(12(15)16-5)7-9-17-10-8-13(2,3)4/h11,14H,6-10H2,1-5H3. The van der Waals surface area contributed by atoms with Gasteiger partial charge in [0.25, 0.3) is 0 Å². The second-order valence-corrected chi connectivity index (χ2v) is 5.35. The fourth-order valence-corrected chi connectivity index (χ4v) is 1.37. The van der Waals surface area contributed by atoms with Gasteiger partial charge < -0.3 is 14.8 Å². The van der Waals surface area contributed by atoms with Gasteiger partial charge in [-0.3, -0.25) is 4.79 Å². The molecule has 0 aliphatic heterocycles. The van der Waals surface area contributed by atoms with Crippen molar-refractivity contribution in [2.45, 2.75) is 46.6 Å². The Morgan fingerprint density at radius 3 is 2.41 bits per heavy atom. The van der Waals surface area contributed by atoms with Gasteiger partial charge in [-0.25, -0.2) is 0 Å². The molecule has 0 aliphatic carbocycles. The van der Waals surface area contributed by atoms with Crippen LogP contribution in [0, 0.1) is 5.41 Å². The van der Waals surface area contributed by atoms with Crippen LogP contribution in [0.3, 0.4) is 0 Å². The molecule has 4 nitrogen and oxygen atoms in total. The maximum Gasteiger partial charge on any atom is 0.322 e. The van der Waals surface area contributed by atoms with Gasteiger partial charge in [0.15, 0.2) is 0 Å². The molecular weight excluding hydrogens is 218 g/mol. The number of carbonyl (C=O) groups is 1. The molecule has 0 aromatic heterocycles. The molecule has 4 heteroatoms. The summed E-state index contributed by atoms with van der Waals surface area (Å²) in [5, 5.41) is 3.09. The van der Waals surface area contributed by atoms with Crippen molar-refractivity contribution < 1.29 is 14.3 Å². The zero-order chi connectivity index (χ0) is 13.3. The van der Waals surface area contributed by atoms with Gasteiger partial charge in [0.2, 0.25) is 0 Å². The molecule has 0 fully saturated rings. The van der Waals surface area contributed by atoms with Crippen molar-refractivity contribution in [3.63, 3.8) is 0 Å². The predicted octanol–water partition coefficient (Wildman–Crippen LogP) is 1.98. The molecular formula is C13H27NO3. The first-order valence-electron chi connectivity index (χ1n) is 6.29. The Kier molecular flexibility index (Phi) is 8.17. The number of nitrogens with one attached hydrogen (secondary N) is 1. The quantitative estimate of drug-likeness (QED) is 0.525. The summed E-state index contributed by atoms with van der Waals surface area (Å²) in [5.41, 5.74) is 0.295. The van der Waals surface area contributed by atoms with Gasteiger partial charge in [-0.15, -0.1) is 0 Å². The highest BCUT2D eigenvalue weighted by atomic mass is 16.5. The average Bonchev–Trinajstić information content (AvgIpc) is 2.24. The predicted molar refractivity (Wildman–Crippen MR) is 69.0 cm³/mol. The van der Waals surface area contributed by atoms with E-state index in [0.29, 0.717) is 18.4 Å². The third-order valence-electron chi connectivity index (χ3n) is 2.48. The maximum atomic E-state index is 11.4. The molecule has 17 heavy (non-hydrogen) atoms. The maximum absolute atomic E-state index is 11.4. The Morgan fingerprint density at radius 1 is 1.29 bits per heavy atom. The summed E-state index contributed by atoms with van der Waals surface area (Å²) in [6.45, 7) is 10.6. The zero-order valence-electron chi connectivity index (χ0n) is 11.8. The second kappa shape index (κ2) is 8.48. The molecule has 0 radical (unpaired) electrons. The van der Waals surface area contributed by atoms with Gasteiger partial charge in [-0.05, 0) is 24.8 Å². The van der Waals surface area contributed by atoms with Gasteiger partial charge in [0.05, 0.1) is 7.11 Å². The molecule has 0 bridgehead atoms. The van der Waals surface area contributed by atoms with Crippen molar-refractivity contribution in [3.8, 4) is 0 Å². The van der Waals surface area contributed by atoms with E-state index in [0.717, 1.165) is 19.6 Å². The van der Waals surface area contributed by atoms with Gasteiger partial charge in [-0.2, -0.15) is 0 Å². The second-order valence-electron chi connectivity index (χ2n) is 5.35. The zero-order valence-corrected chi connectivity index (χ0v) is 11.8. The lowest BCUT2D eigenvalue weighted by Gasteiger charge is -2.19. The van der Waals surface area contributed by atoms with Crippen molar-refractivity contribution in [2.24, 2.45) is 5.41 Å². The highest BCUT2D eigenvalue weighted by Crippen LogP contribution is 2.17. The van der Waals surface area contributed by atoms with Crippen molar-refractivity contribution >= 4 is 5.97 Å². The molecule has 1 N–H and O–H groups in total. The first-order valence-corrected chi connectivity index (χ1v) is 6.29. The SMILES string of the molecule is CCNC(CCOCCC(C)(C)C)C(=O)OC. The number of hydrogen-bond donors (Lipinski definition) is 1. The van der Waals surface area contributed by atoms with Crippen LogP contribution in [0.2, 0.25) is 0 Å². The van der Waals surface area contributed by atoms with E-state index in [9.17, 15) is 4.79 Å². The molecule has 0 aromatic rings. The molecule has 1 unspecified atom stereocenters. The van der Waals surface area contributed by atoms with Crippen LogP contribution < -0.4 is 5.32 Å². The number of rotatable bonds is 8. The summed E-state index contributed by atoms with van der Waals surface area (Å²) in [7, 11) is 1.41. The Hall–Kier alpha value is -0.610. The molecule has 0 aromatic carbocycles. The fraction of sp³-hybridized carbons (Fsp3) is 0.923. The average molecular weight is 245 g/mol. The lowest BCUT2D eigenvalue weighted by molar-refractivity contribution is -0.143. The Bertz CT molecular complexity index is 211. The van der Waals surface area contributed by atoms with E-state index in [2.05, 4.69) is 26.1 Å². The highest BCUT2D eigenvalue weighted by molar-refractivity contribution is 5.75. The van der Waals surface area contributed by atoms with Crippen LogP contribution in [0.15, 0.2) is 0 Å². The minimum Gasteiger partial charge on any atom is -0.468 e. The first kappa shape index (κ1) is 16.4. The summed E-state index contributed by atoms with van der Waals surface area (Å²) >= 11 is 0. The summed E-state index contributed by atoms with van der Waals surface area (Å²) in [6.07, 6.45) is 1.68. The van der Waals surface area contributed by atoms with Crippen molar-refractivity contribution in [1.29, 1.82) is 0 Å². The van der Waals surface area contributed by atoms with Crippen LogP contribution in [0.4, 0.5) is 0 Å². The van der Waals surface area contributed by atoms with Crippen molar-refractivity contribution in [2.75, 3.05) is 26.9 Å². The molecule has 0 spiro atoms. The summed E-state index contributed by atoms with van der Waals surface area (Å²) in [5.74, 6) is -0.216. The van der Waals surface area contributed by atoms with Gasteiger partial charge >= 0.3 is 5.97 Å². The van der Waals surface area contributed by atoms with E-state index in [1.807, 2.05) is 6.92 Å². The van der Waals surface area contributed by atoms with E-state index >= 15 is 0 Å². The molecule has 0 aliphatic rings. The minimum atomic E-state index is -0.250. The summed E-state index contributed by atoms with van der Waals surface area (Å²) in [4.78, 5) is 11.4. The van der Waals surface area contributed by atoms with Crippen LogP contribution in [0.25, 0.3) is 0 Å². The molecule has 0 saturated heterocycles. The Balaban J connectivity index is 3.72. The Morgan fingerprint density at radius 2 is 1.94 bits per heavy atom. The number of esters is 1. The van der Waals surface area contributed by atoms with Crippen LogP contribution in [0.5, 0.6) is 0 Å². The lowest BCUT2D eigenvalue weighted by Crippen LogP contribution is -2.38. The van der Waals surface area contributed by atoms with E-state index in [4.69, 9.17) is 9.47 Å². The number of carbonyl (C=O) groups excluding carboxylic acids is 1. The van der Waals surface area contributed by atoms with Gasteiger partial charge in [0.1, 0.15) is 6.04 Å². The highest BCUT2D eigenvalue weighted by Gasteiger charge is 2.17. The van der Waals surface area contributed by atoms with Crippen LogP contribution in [0.1, 0.15) is 40.5 Å².